The van der Waals surface area contributed by atoms with Crippen molar-refractivity contribution >= 4 is 6.03 Å². The number of fused-ring (bicyclic) bond motifs is 1. The normalized spacial score (nSPS) is 18.8. The van der Waals surface area contributed by atoms with Gasteiger partial charge in [0, 0.05) is 25.3 Å². The summed E-state index contributed by atoms with van der Waals surface area (Å²) >= 11 is 0. The molecule has 1 saturated heterocycles. The number of carbonyl (C=O) groups excluding carboxylic acids is 1. The van der Waals surface area contributed by atoms with Crippen LogP contribution in [0.25, 0.3) is 11.4 Å². The van der Waals surface area contributed by atoms with Gasteiger partial charge in [-0.05, 0) is 6.07 Å². The zero-order chi connectivity index (χ0) is 18.1. The SMILES string of the molecule is COCc1nc(-c2ccc3c(c2)OCC3NC(=O)N(C)C2COC2)no1. The van der Waals surface area contributed by atoms with Crippen molar-refractivity contribution in [3.63, 3.8) is 0 Å². The number of aromatic nitrogens is 2. The van der Waals surface area contributed by atoms with Crippen molar-refractivity contribution < 1.29 is 23.5 Å². The van der Waals surface area contributed by atoms with Crippen LogP contribution in [0, 0.1) is 0 Å². The van der Waals surface area contributed by atoms with Crippen LogP contribution in [0.3, 0.4) is 0 Å². The molecule has 1 atom stereocenters. The van der Waals surface area contributed by atoms with E-state index in [0.717, 1.165) is 11.1 Å². The minimum absolute atomic E-state index is 0.133. The Labute approximate surface area is 150 Å². The fourth-order valence-electron chi connectivity index (χ4n) is 2.89. The summed E-state index contributed by atoms with van der Waals surface area (Å²) in [5, 5.41) is 6.95. The summed E-state index contributed by atoms with van der Waals surface area (Å²) < 4.78 is 21.0. The number of hydrogen-bond acceptors (Lipinski definition) is 7. The third-order valence-corrected chi connectivity index (χ3v) is 4.57. The second-order valence-electron chi connectivity index (χ2n) is 6.31. The molecule has 2 amide bonds. The molecule has 1 aromatic carbocycles. The number of amides is 2. The van der Waals surface area contributed by atoms with Gasteiger partial charge in [0.15, 0.2) is 0 Å². The maximum Gasteiger partial charge on any atom is 0.318 e. The summed E-state index contributed by atoms with van der Waals surface area (Å²) in [7, 11) is 3.34. The number of nitrogens with zero attached hydrogens (tertiary/aromatic N) is 3. The fraction of sp³-hybridized carbons (Fsp3) is 0.471. The Bertz CT molecular complexity index is 804. The highest BCUT2D eigenvalue weighted by atomic mass is 16.5. The fourth-order valence-corrected chi connectivity index (χ4v) is 2.89. The lowest BCUT2D eigenvalue weighted by molar-refractivity contribution is -0.0421. The molecule has 26 heavy (non-hydrogen) atoms. The van der Waals surface area contributed by atoms with Crippen molar-refractivity contribution in [2.75, 3.05) is 34.0 Å². The first-order valence-electron chi connectivity index (χ1n) is 8.35. The lowest BCUT2D eigenvalue weighted by Gasteiger charge is -2.35. The molecular formula is C17H20N4O5. The highest BCUT2D eigenvalue weighted by Crippen LogP contribution is 2.35. The minimum atomic E-state index is -0.190. The van der Waals surface area contributed by atoms with E-state index < -0.39 is 0 Å². The number of carbonyl (C=O) groups is 1. The maximum atomic E-state index is 12.4. The molecule has 4 rings (SSSR count). The standard InChI is InChI=1S/C17H20N4O5/c1-21(11-6-24-7-11)17(22)18-13-8-25-14-5-10(3-4-12(13)14)16-19-15(9-23-2)26-20-16/h3-5,11,13H,6-9H2,1-2H3,(H,18,22). The molecule has 1 unspecified atom stereocenters. The van der Waals surface area contributed by atoms with Crippen molar-refractivity contribution in [2.45, 2.75) is 18.7 Å². The number of urea groups is 1. The number of likely N-dealkylation sites (N-methyl/N-ethyl adjacent to an activating group) is 1. The van der Waals surface area contributed by atoms with Gasteiger partial charge in [0.05, 0.1) is 25.3 Å². The van der Waals surface area contributed by atoms with Crippen LogP contribution in [0.4, 0.5) is 4.79 Å². The van der Waals surface area contributed by atoms with Crippen LogP contribution in [0.15, 0.2) is 22.7 Å². The lowest BCUT2D eigenvalue weighted by Crippen LogP contribution is -2.53. The maximum absolute atomic E-state index is 12.4. The summed E-state index contributed by atoms with van der Waals surface area (Å²) in [4.78, 5) is 18.3. The monoisotopic (exact) mass is 360 g/mol. The average molecular weight is 360 g/mol. The zero-order valence-corrected chi connectivity index (χ0v) is 14.6. The molecule has 9 nitrogen and oxygen atoms in total. The Balaban J connectivity index is 1.46. The number of rotatable bonds is 5. The zero-order valence-electron chi connectivity index (χ0n) is 14.6. The lowest BCUT2D eigenvalue weighted by atomic mass is 10.1. The summed E-state index contributed by atoms with van der Waals surface area (Å²) in [6, 6.07) is 5.47. The number of ether oxygens (including phenoxy) is 3. The predicted octanol–water partition coefficient (Wildman–Crippen LogP) is 1.36. The van der Waals surface area contributed by atoms with Crippen LogP contribution in [0.1, 0.15) is 17.5 Å². The van der Waals surface area contributed by atoms with E-state index in [-0.39, 0.29) is 24.7 Å². The van der Waals surface area contributed by atoms with Crippen molar-refractivity contribution in [1.82, 2.24) is 20.4 Å². The van der Waals surface area contributed by atoms with Gasteiger partial charge >= 0.3 is 6.03 Å². The van der Waals surface area contributed by atoms with Crippen molar-refractivity contribution in [1.29, 1.82) is 0 Å². The van der Waals surface area contributed by atoms with Gasteiger partial charge in [0.2, 0.25) is 5.82 Å². The van der Waals surface area contributed by atoms with Gasteiger partial charge in [-0.3, -0.25) is 0 Å². The van der Waals surface area contributed by atoms with Gasteiger partial charge in [-0.25, -0.2) is 4.79 Å². The summed E-state index contributed by atoms with van der Waals surface area (Å²) in [5.74, 6) is 1.60. The summed E-state index contributed by atoms with van der Waals surface area (Å²) in [5.41, 5.74) is 1.71. The highest BCUT2D eigenvalue weighted by molar-refractivity contribution is 5.75. The Morgan fingerprint density at radius 3 is 2.96 bits per heavy atom. The van der Waals surface area contributed by atoms with Crippen LogP contribution in [0.5, 0.6) is 5.75 Å². The molecule has 2 aliphatic heterocycles. The molecule has 1 aromatic heterocycles. The molecule has 1 fully saturated rings. The van der Waals surface area contributed by atoms with Crippen LogP contribution in [-0.2, 0) is 16.1 Å². The van der Waals surface area contributed by atoms with E-state index in [9.17, 15) is 4.79 Å². The van der Waals surface area contributed by atoms with Crippen molar-refractivity contribution in [3.05, 3.63) is 29.7 Å². The van der Waals surface area contributed by atoms with E-state index in [1.165, 1.54) is 0 Å². The Morgan fingerprint density at radius 2 is 2.23 bits per heavy atom. The second kappa shape index (κ2) is 6.93. The number of methoxy groups -OCH3 is 1. The van der Waals surface area contributed by atoms with E-state index in [0.29, 0.717) is 37.3 Å². The first-order valence-corrected chi connectivity index (χ1v) is 8.35. The molecule has 0 radical (unpaired) electrons. The quantitative estimate of drug-likeness (QED) is 0.859. The van der Waals surface area contributed by atoms with Gasteiger partial charge in [0.25, 0.3) is 5.89 Å². The molecule has 1 N–H and O–H groups in total. The smallest absolute Gasteiger partial charge is 0.318 e. The predicted molar refractivity (Wildman–Crippen MR) is 89.6 cm³/mol. The Morgan fingerprint density at radius 1 is 1.38 bits per heavy atom. The third kappa shape index (κ3) is 3.11. The third-order valence-electron chi connectivity index (χ3n) is 4.57. The summed E-state index contributed by atoms with van der Waals surface area (Å²) in [6.07, 6.45) is 0. The molecule has 9 heteroatoms. The van der Waals surface area contributed by atoms with Crippen LogP contribution >= 0.6 is 0 Å². The van der Waals surface area contributed by atoms with E-state index in [2.05, 4.69) is 15.5 Å². The Hall–Kier alpha value is -2.65. The molecule has 2 aromatic rings. The van der Waals surface area contributed by atoms with Crippen LogP contribution in [0.2, 0.25) is 0 Å². The van der Waals surface area contributed by atoms with E-state index in [4.69, 9.17) is 18.7 Å². The second-order valence-corrected chi connectivity index (χ2v) is 6.31. The van der Waals surface area contributed by atoms with Gasteiger partial charge < -0.3 is 29.0 Å². The molecule has 3 heterocycles. The molecular weight excluding hydrogens is 340 g/mol. The molecule has 138 valence electrons. The number of nitrogens with one attached hydrogen (secondary N) is 1. The highest BCUT2D eigenvalue weighted by Gasteiger charge is 2.31. The molecule has 0 bridgehead atoms. The van der Waals surface area contributed by atoms with E-state index in [1.54, 1.807) is 19.1 Å². The van der Waals surface area contributed by atoms with Gasteiger partial charge in [-0.2, -0.15) is 4.98 Å². The summed E-state index contributed by atoms with van der Waals surface area (Å²) in [6.45, 7) is 1.82. The molecule has 0 aliphatic carbocycles. The topological polar surface area (TPSA) is 99.0 Å². The van der Waals surface area contributed by atoms with E-state index >= 15 is 0 Å². The minimum Gasteiger partial charge on any atom is -0.491 e. The van der Waals surface area contributed by atoms with Gasteiger partial charge in [-0.15, -0.1) is 0 Å². The van der Waals surface area contributed by atoms with Crippen LogP contribution < -0.4 is 10.1 Å². The first kappa shape index (κ1) is 16.8. The number of hydrogen-bond donors (Lipinski definition) is 1. The molecule has 0 spiro atoms. The first-order chi connectivity index (χ1) is 12.7. The van der Waals surface area contributed by atoms with E-state index in [1.807, 2.05) is 18.2 Å². The van der Waals surface area contributed by atoms with Crippen LogP contribution in [-0.4, -0.2) is 61.1 Å². The number of benzene rings is 1. The van der Waals surface area contributed by atoms with Crippen molar-refractivity contribution in [3.8, 4) is 17.1 Å². The largest absolute Gasteiger partial charge is 0.491 e. The van der Waals surface area contributed by atoms with Gasteiger partial charge in [-0.1, -0.05) is 17.3 Å². The van der Waals surface area contributed by atoms with Crippen molar-refractivity contribution in [2.24, 2.45) is 0 Å². The Kier molecular flexibility index (Phi) is 4.48. The molecule has 0 saturated carbocycles. The molecule has 2 aliphatic rings. The van der Waals surface area contributed by atoms with Gasteiger partial charge in [0.1, 0.15) is 19.0 Å². The average Bonchev–Trinajstić information content (AvgIpc) is 3.20.